The van der Waals surface area contributed by atoms with Crippen molar-refractivity contribution in [1.29, 1.82) is 0 Å². The average molecular weight is 393 g/mol. The average Bonchev–Trinajstić information content (AvgIpc) is 2.83. The van der Waals surface area contributed by atoms with Crippen molar-refractivity contribution in [3.63, 3.8) is 0 Å². The molecule has 1 aromatic heterocycles. The second kappa shape index (κ2) is 5.46. The van der Waals surface area contributed by atoms with Gasteiger partial charge in [-0.2, -0.15) is 4.73 Å². The summed E-state index contributed by atoms with van der Waals surface area (Å²) in [6.07, 6.45) is 0. The van der Waals surface area contributed by atoms with Crippen LogP contribution in [0, 0.1) is 0 Å². The van der Waals surface area contributed by atoms with Crippen LogP contribution in [0.4, 0.5) is 0 Å². The van der Waals surface area contributed by atoms with Gasteiger partial charge in [0.15, 0.2) is 0 Å². The van der Waals surface area contributed by atoms with Gasteiger partial charge >= 0.3 is 0 Å². The van der Waals surface area contributed by atoms with Gasteiger partial charge in [0.2, 0.25) is 0 Å². The van der Waals surface area contributed by atoms with Gasteiger partial charge in [-0.3, -0.25) is 0 Å². The van der Waals surface area contributed by atoms with Crippen LogP contribution in [-0.4, -0.2) is 9.94 Å². The van der Waals surface area contributed by atoms with Gasteiger partial charge in [-0.1, -0.05) is 56.1 Å². The third-order valence-corrected chi connectivity index (χ3v) is 4.19. The molecule has 0 saturated carbocycles. The molecule has 20 heavy (non-hydrogen) atoms. The largest absolute Gasteiger partial charge is 0.428 e. The van der Waals surface area contributed by atoms with Crippen LogP contribution in [0.5, 0.6) is 0 Å². The fourth-order valence-electron chi connectivity index (χ4n) is 2.11. The van der Waals surface area contributed by atoms with Gasteiger partial charge in [0.05, 0.1) is 11.4 Å². The van der Waals surface area contributed by atoms with E-state index in [1.165, 1.54) is 4.73 Å². The van der Waals surface area contributed by atoms with Crippen molar-refractivity contribution in [2.75, 3.05) is 0 Å². The standard InChI is InChI=1S/C16H11Br2NO/c17-13-5-1-11(2-6-13)15-9-10-16(19(15)20)12-3-7-14(18)8-4-12/h1-10,20H. The van der Waals surface area contributed by atoms with Crippen molar-refractivity contribution >= 4 is 31.9 Å². The first-order valence-electron chi connectivity index (χ1n) is 6.08. The third kappa shape index (κ3) is 2.53. The van der Waals surface area contributed by atoms with Crippen molar-refractivity contribution < 1.29 is 5.21 Å². The number of halogens is 2. The summed E-state index contributed by atoms with van der Waals surface area (Å²) < 4.78 is 3.27. The van der Waals surface area contributed by atoms with E-state index in [1.54, 1.807) is 0 Å². The Hall–Kier alpha value is -1.52. The highest BCUT2D eigenvalue weighted by molar-refractivity contribution is 9.10. The summed E-state index contributed by atoms with van der Waals surface area (Å²) in [6.45, 7) is 0. The first kappa shape index (κ1) is 13.5. The third-order valence-electron chi connectivity index (χ3n) is 3.14. The van der Waals surface area contributed by atoms with Crippen molar-refractivity contribution in [1.82, 2.24) is 4.73 Å². The molecule has 0 aliphatic rings. The number of nitrogens with zero attached hydrogens (tertiary/aromatic N) is 1. The molecule has 3 rings (SSSR count). The molecule has 2 nitrogen and oxygen atoms in total. The second-order valence-corrected chi connectivity index (χ2v) is 6.26. The molecule has 0 atom stereocenters. The summed E-state index contributed by atoms with van der Waals surface area (Å²) in [4.78, 5) is 0. The van der Waals surface area contributed by atoms with E-state index in [-0.39, 0.29) is 0 Å². The Morgan fingerprint density at radius 1 is 0.600 bits per heavy atom. The Morgan fingerprint density at radius 3 is 1.30 bits per heavy atom. The van der Waals surface area contributed by atoms with Crippen LogP contribution in [0.1, 0.15) is 0 Å². The highest BCUT2D eigenvalue weighted by Gasteiger charge is 2.10. The van der Waals surface area contributed by atoms with Crippen LogP contribution >= 0.6 is 31.9 Å². The molecule has 0 aliphatic carbocycles. The van der Waals surface area contributed by atoms with Gasteiger partial charge in [0.1, 0.15) is 0 Å². The van der Waals surface area contributed by atoms with Gasteiger partial charge < -0.3 is 5.21 Å². The maximum Gasteiger partial charge on any atom is 0.0873 e. The van der Waals surface area contributed by atoms with E-state index in [0.717, 1.165) is 31.5 Å². The molecule has 0 bridgehead atoms. The van der Waals surface area contributed by atoms with Crippen molar-refractivity contribution in [2.45, 2.75) is 0 Å². The molecule has 0 saturated heterocycles. The fraction of sp³-hybridized carbons (Fsp3) is 0. The maximum absolute atomic E-state index is 10.4. The van der Waals surface area contributed by atoms with E-state index in [9.17, 15) is 5.21 Å². The van der Waals surface area contributed by atoms with Gasteiger partial charge in [-0.25, -0.2) is 0 Å². The molecule has 0 aliphatic heterocycles. The molecular weight excluding hydrogens is 382 g/mol. The number of aromatic nitrogens is 1. The monoisotopic (exact) mass is 391 g/mol. The lowest BCUT2D eigenvalue weighted by Crippen LogP contribution is -1.96. The van der Waals surface area contributed by atoms with E-state index in [4.69, 9.17) is 0 Å². The van der Waals surface area contributed by atoms with Crippen LogP contribution in [0.2, 0.25) is 0 Å². The molecule has 3 aromatic rings. The lowest BCUT2D eigenvalue weighted by molar-refractivity contribution is 0.197. The van der Waals surface area contributed by atoms with Crippen molar-refractivity contribution in [2.24, 2.45) is 0 Å². The quantitative estimate of drug-likeness (QED) is 0.565. The zero-order valence-corrected chi connectivity index (χ0v) is 13.6. The number of hydrogen-bond acceptors (Lipinski definition) is 1. The van der Waals surface area contributed by atoms with Gasteiger partial charge in [0.25, 0.3) is 0 Å². The van der Waals surface area contributed by atoms with Gasteiger partial charge in [-0.05, 0) is 36.4 Å². The Labute approximate surface area is 133 Å². The zero-order valence-electron chi connectivity index (χ0n) is 10.4. The topological polar surface area (TPSA) is 25.2 Å². The lowest BCUT2D eigenvalue weighted by atomic mass is 10.2. The van der Waals surface area contributed by atoms with Gasteiger partial charge in [0, 0.05) is 20.1 Å². The summed E-state index contributed by atoms with van der Waals surface area (Å²) in [5, 5.41) is 10.4. The fourth-order valence-corrected chi connectivity index (χ4v) is 2.64. The molecular formula is C16H11Br2NO. The zero-order chi connectivity index (χ0) is 14.1. The van der Waals surface area contributed by atoms with Crippen molar-refractivity contribution in [3.8, 4) is 22.5 Å². The molecule has 0 spiro atoms. The minimum absolute atomic E-state index is 0.774. The molecule has 0 fully saturated rings. The van der Waals surface area contributed by atoms with Crippen LogP contribution in [-0.2, 0) is 0 Å². The summed E-state index contributed by atoms with van der Waals surface area (Å²) in [6, 6.07) is 19.6. The molecule has 1 N–H and O–H groups in total. The molecule has 2 aromatic carbocycles. The molecule has 1 heterocycles. The van der Waals surface area contributed by atoms with Crippen LogP contribution in [0.15, 0.2) is 69.6 Å². The van der Waals surface area contributed by atoms with E-state index >= 15 is 0 Å². The minimum Gasteiger partial charge on any atom is -0.428 e. The van der Waals surface area contributed by atoms with Crippen molar-refractivity contribution in [3.05, 3.63) is 69.6 Å². The maximum atomic E-state index is 10.4. The summed E-state index contributed by atoms with van der Waals surface area (Å²) in [5.41, 5.74) is 3.49. The molecule has 0 amide bonds. The Balaban J connectivity index is 2.04. The molecule has 0 unspecified atom stereocenters. The van der Waals surface area contributed by atoms with Crippen LogP contribution < -0.4 is 0 Å². The molecule has 100 valence electrons. The predicted octanol–water partition coefficient (Wildman–Crippen LogP) is 5.58. The molecule has 0 radical (unpaired) electrons. The summed E-state index contributed by atoms with van der Waals surface area (Å²) in [7, 11) is 0. The van der Waals surface area contributed by atoms with Crippen LogP contribution in [0.3, 0.4) is 0 Å². The van der Waals surface area contributed by atoms with Gasteiger partial charge in [-0.15, -0.1) is 0 Å². The van der Waals surface area contributed by atoms with Crippen LogP contribution in [0.25, 0.3) is 22.5 Å². The molecule has 4 heteroatoms. The predicted molar refractivity (Wildman–Crippen MR) is 87.9 cm³/mol. The Bertz CT molecular complexity index is 667. The second-order valence-electron chi connectivity index (χ2n) is 4.43. The number of rotatable bonds is 2. The number of benzene rings is 2. The Kier molecular flexibility index (Phi) is 3.68. The first-order valence-corrected chi connectivity index (χ1v) is 7.66. The normalized spacial score (nSPS) is 10.7. The minimum atomic E-state index is 0.774. The summed E-state index contributed by atoms with van der Waals surface area (Å²) in [5.74, 6) is 0. The SMILES string of the molecule is On1c(-c2ccc(Br)cc2)ccc1-c1ccc(Br)cc1. The van der Waals surface area contributed by atoms with E-state index in [1.807, 2.05) is 60.7 Å². The highest BCUT2D eigenvalue weighted by atomic mass is 79.9. The first-order chi connectivity index (χ1) is 9.65. The smallest absolute Gasteiger partial charge is 0.0873 e. The van der Waals surface area contributed by atoms with E-state index in [0.29, 0.717) is 0 Å². The number of hydrogen-bond donors (Lipinski definition) is 1. The summed E-state index contributed by atoms with van der Waals surface area (Å²) >= 11 is 6.82. The lowest BCUT2D eigenvalue weighted by Gasteiger charge is -2.07. The van der Waals surface area contributed by atoms with E-state index in [2.05, 4.69) is 31.9 Å². The highest BCUT2D eigenvalue weighted by Crippen LogP contribution is 2.29. The Morgan fingerprint density at radius 2 is 0.950 bits per heavy atom. The van der Waals surface area contributed by atoms with E-state index < -0.39 is 0 Å².